The summed E-state index contributed by atoms with van der Waals surface area (Å²) in [6.45, 7) is 6.27. The van der Waals surface area contributed by atoms with Gasteiger partial charge in [0.1, 0.15) is 0 Å². The van der Waals surface area contributed by atoms with E-state index in [2.05, 4.69) is 20.6 Å². The number of thiazole rings is 1. The van der Waals surface area contributed by atoms with Crippen molar-refractivity contribution in [3.05, 3.63) is 38.8 Å². The summed E-state index contributed by atoms with van der Waals surface area (Å²) >= 11 is 7.89. The number of aromatic nitrogens is 1. The summed E-state index contributed by atoms with van der Waals surface area (Å²) in [5.74, 6) is 2.10. The highest BCUT2D eigenvalue weighted by Gasteiger charge is 2.18. The fourth-order valence-electron chi connectivity index (χ4n) is 2.55. The Labute approximate surface area is 156 Å². The van der Waals surface area contributed by atoms with Crippen molar-refractivity contribution >= 4 is 28.9 Å². The molecular weight excluding hydrogens is 360 g/mol. The highest BCUT2D eigenvalue weighted by molar-refractivity contribution is 7.09. The minimum Gasteiger partial charge on any atom is -0.454 e. The molecule has 6 nitrogen and oxygen atoms in total. The maximum Gasteiger partial charge on any atom is 0.231 e. The molecular formula is C17H21ClN4O2S. The molecule has 1 aromatic carbocycles. The summed E-state index contributed by atoms with van der Waals surface area (Å²) in [5.41, 5.74) is 2.02. The zero-order chi connectivity index (χ0) is 17.8. The lowest BCUT2D eigenvalue weighted by atomic mass is 10.2. The fourth-order valence-corrected chi connectivity index (χ4v) is 3.44. The molecule has 0 bridgehead atoms. The summed E-state index contributed by atoms with van der Waals surface area (Å²) < 4.78 is 10.8. The maximum atomic E-state index is 6.24. The first-order valence-corrected chi connectivity index (χ1v) is 9.31. The molecule has 0 fully saturated rings. The van der Waals surface area contributed by atoms with Gasteiger partial charge in [-0.2, -0.15) is 0 Å². The van der Waals surface area contributed by atoms with E-state index in [0.717, 1.165) is 28.8 Å². The smallest absolute Gasteiger partial charge is 0.231 e. The van der Waals surface area contributed by atoms with E-state index < -0.39 is 0 Å². The third kappa shape index (κ3) is 4.35. The molecule has 0 atom stereocenters. The van der Waals surface area contributed by atoms with E-state index in [1.807, 2.05) is 33.0 Å². The average Bonchev–Trinajstić information content (AvgIpc) is 3.20. The van der Waals surface area contributed by atoms with Crippen molar-refractivity contribution in [1.82, 2.24) is 15.2 Å². The summed E-state index contributed by atoms with van der Waals surface area (Å²) in [4.78, 5) is 11.3. The number of fused-ring (bicyclic) bond motifs is 1. The number of nitrogens with zero attached hydrogens (tertiary/aromatic N) is 3. The van der Waals surface area contributed by atoms with Crippen LogP contribution in [0.25, 0.3) is 0 Å². The van der Waals surface area contributed by atoms with Crippen molar-refractivity contribution in [2.45, 2.75) is 26.9 Å². The molecule has 0 spiro atoms. The van der Waals surface area contributed by atoms with Gasteiger partial charge in [0.25, 0.3) is 0 Å². The second kappa shape index (κ2) is 7.93. The minimum absolute atomic E-state index is 0.209. The Hall–Kier alpha value is -1.99. The van der Waals surface area contributed by atoms with Crippen LogP contribution in [0.4, 0.5) is 0 Å². The lowest BCUT2D eigenvalue weighted by Crippen LogP contribution is -2.38. The number of benzene rings is 1. The van der Waals surface area contributed by atoms with Gasteiger partial charge in [0.15, 0.2) is 17.5 Å². The topological polar surface area (TPSA) is 59.0 Å². The van der Waals surface area contributed by atoms with Crippen LogP contribution in [0.15, 0.2) is 22.5 Å². The van der Waals surface area contributed by atoms with Crippen molar-refractivity contribution in [1.29, 1.82) is 0 Å². The van der Waals surface area contributed by atoms with Crippen LogP contribution in [0.3, 0.4) is 0 Å². The van der Waals surface area contributed by atoms with E-state index >= 15 is 0 Å². The molecule has 2 aromatic rings. The van der Waals surface area contributed by atoms with Crippen LogP contribution in [0, 0.1) is 6.92 Å². The van der Waals surface area contributed by atoms with Gasteiger partial charge in [0.05, 0.1) is 28.8 Å². The van der Waals surface area contributed by atoms with Crippen molar-refractivity contribution in [3.8, 4) is 11.5 Å². The second-order valence-electron chi connectivity index (χ2n) is 5.70. The van der Waals surface area contributed by atoms with Crippen molar-refractivity contribution in [3.63, 3.8) is 0 Å². The molecule has 2 heterocycles. The molecule has 1 aliphatic rings. The number of halogens is 1. The molecule has 0 saturated heterocycles. The summed E-state index contributed by atoms with van der Waals surface area (Å²) in [5, 5.41) is 7.01. The van der Waals surface area contributed by atoms with Gasteiger partial charge in [-0.05, 0) is 31.5 Å². The van der Waals surface area contributed by atoms with E-state index in [1.165, 1.54) is 0 Å². The Balaban J connectivity index is 1.72. The molecule has 0 saturated carbocycles. The zero-order valence-electron chi connectivity index (χ0n) is 14.5. The number of guanidine groups is 1. The van der Waals surface area contributed by atoms with Crippen molar-refractivity contribution < 1.29 is 9.47 Å². The molecule has 0 unspecified atom stereocenters. The van der Waals surface area contributed by atoms with Gasteiger partial charge >= 0.3 is 0 Å². The van der Waals surface area contributed by atoms with Crippen LogP contribution in [0.5, 0.6) is 11.5 Å². The molecule has 1 N–H and O–H groups in total. The maximum absolute atomic E-state index is 6.24. The van der Waals surface area contributed by atoms with Gasteiger partial charge in [-0.1, -0.05) is 11.6 Å². The molecule has 1 aliphatic heterocycles. The first-order chi connectivity index (χ1) is 12.1. The van der Waals surface area contributed by atoms with Crippen LogP contribution in [-0.4, -0.2) is 36.2 Å². The monoisotopic (exact) mass is 380 g/mol. The predicted octanol–water partition coefficient (Wildman–Crippen LogP) is 3.43. The SMILES string of the molecule is CCNC(=NCc1cc(Cl)c2c(c1)OCO2)N(C)Cc1csc(C)n1. The largest absolute Gasteiger partial charge is 0.454 e. The van der Waals surface area contributed by atoms with Crippen LogP contribution >= 0.6 is 22.9 Å². The number of ether oxygens (including phenoxy) is 2. The Morgan fingerprint density at radius 2 is 2.28 bits per heavy atom. The quantitative estimate of drug-likeness (QED) is 0.636. The zero-order valence-corrected chi connectivity index (χ0v) is 16.1. The summed E-state index contributed by atoms with van der Waals surface area (Å²) in [6, 6.07) is 3.79. The Morgan fingerprint density at radius 1 is 1.44 bits per heavy atom. The normalized spacial score (nSPS) is 13.2. The predicted molar refractivity (Wildman–Crippen MR) is 101 cm³/mol. The number of aliphatic imine (C=N–C) groups is 1. The van der Waals surface area contributed by atoms with Gasteiger partial charge < -0.3 is 19.7 Å². The molecule has 0 radical (unpaired) electrons. The van der Waals surface area contributed by atoms with Gasteiger partial charge in [-0.15, -0.1) is 11.3 Å². The van der Waals surface area contributed by atoms with Crippen molar-refractivity contribution in [2.75, 3.05) is 20.4 Å². The fraction of sp³-hybridized carbons (Fsp3) is 0.412. The lowest BCUT2D eigenvalue weighted by Gasteiger charge is -2.21. The molecule has 3 rings (SSSR count). The van der Waals surface area contributed by atoms with Gasteiger partial charge in [0, 0.05) is 19.0 Å². The first-order valence-electron chi connectivity index (χ1n) is 8.05. The standard InChI is InChI=1S/C17H21ClN4O2S/c1-4-19-17(22(3)8-13-9-25-11(2)21-13)20-7-12-5-14(18)16-15(6-12)23-10-24-16/h5-6,9H,4,7-8,10H2,1-3H3,(H,19,20). The molecule has 1 aromatic heterocycles. The van der Waals surface area contributed by atoms with Crippen LogP contribution in [0.2, 0.25) is 5.02 Å². The first kappa shape index (κ1) is 17.8. The average molecular weight is 381 g/mol. The van der Waals surface area contributed by atoms with E-state index in [-0.39, 0.29) is 6.79 Å². The van der Waals surface area contributed by atoms with E-state index in [1.54, 1.807) is 11.3 Å². The molecule has 0 amide bonds. The second-order valence-corrected chi connectivity index (χ2v) is 7.16. The number of hydrogen-bond donors (Lipinski definition) is 1. The van der Waals surface area contributed by atoms with E-state index in [4.69, 9.17) is 26.1 Å². The Kier molecular flexibility index (Phi) is 5.65. The third-order valence-corrected chi connectivity index (χ3v) is 4.76. The molecule has 8 heteroatoms. The number of aryl methyl sites for hydroxylation is 1. The Morgan fingerprint density at radius 3 is 3.00 bits per heavy atom. The van der Waals surface area contributed by atoms with Crippen molar-refractivity contribution in [2.24, 2.45) is 4.99 Å². The number of nitrogens with one attached hydrogen (secondary N) is 1. The van der Waals surface area contributed by atoms with Gasteiger partial charge in [-0.3, -0.25) is 0 Å². The number of hydrogen-bond acceptors (Lipinski definition) is 5. The highest BCUT2D eigenvalue weighted by atomic mass is 35.5. The number of rotatable bonds is 5. The lowest BCUT2D eigenvalue weighted by molar-refractivity contribution is 0.174. The van der Waals surface area contributed by atoms with Crippen LogP contribution < -0.4 is 14.8 Å². The third-order valence-electron chi connectivity index (χ3n) is 3.66. The van der Waals surface area contributed by atoms with E-state index in [0.29, 0.717) is 29.6 Å². The molecule has 0 aliphatic carbocycles. The van der Waals surface area contributed by atoms with Gasteiger partial charge in [0.2, 0.25) is 6.79 Å². The molecule has 25 heavy (non-hydrogen) atoms. The Bertz CT molecular complexity index is 778. The van der Waals surface area contributed by atoms with Gasteiger partial charge in [-0.25, -0.2) is 9.98 Å². The van der Waals surface area contributed by atoms with Crippen LogP contribution in [0.1, 0.15) is 23.2 Å². The highest BCUT2D eigenvalue weighted by Crippen LogP contribution is 2.39. The van der Waals surface area contributed by atoms with Crippen LogP contribution in [-0.2, 0) is 13.1 Å². The summed E-state index contributed by atoms with van der Waals surface area (Å²) in [6.07, 6.45) is 0. The summed E-state index contributed by atoms with van der Waals surface area (Å²) in [7, 11) is 2.00. The minimum atomic E-state index is 0.209. The van der Waals surface area contributed by atoms with E-state index in [9.17, 15) is 0 Å². The molecule has 134 valence electrons.